The number of hydrogen-bond acceptors (Lipinski definition) is 4. The van der Waals surface area contributed by atoms with Crippen LogP contribution in [0.15, 0.2) is 48.5 Å². The Kier molecular flexibility index (Phi) is 6.00. The van der Waals surface area contributed by atoms with Gasteiger partial charge in [0.15, 0.2) is 0 Å². The monoisotopic (exact) mass is 354 g/mol. The molecule has 2 aromatic carbocycles. The van der Waals surface area contributed by atoms with Crippen molar-refractivity contribution in [1.82, 2.24) is 4.90 Å². The molecule has 2 aromatic rings. The van der Waals surface area contributed by atoms with Crippen LogP contribution in [0.25, 0.3) is 0 Å². The Morgan fingerprint density at radius 3 is 2.62 bits per heavy atom. The number of anilines is 1. The summed E-state index contributed by atoms with van der Waals surface area (Å²) in [6, 6.07) is 15.9. The van der Waals surface area contributed by atoms with Gasteiger partial charge in [0.2, 0.25) is 5.91 Å². The first-order valence-corrected chi connectivity index (χ1v) is 8.99. The largest absolute Gasteiger partial charge is 0.497 e. The van der Waals surface area contributed by atoms with Gasteiger partial charge in [-0.05, 0) is 54.8 Å². The van der Waals surface area contributed by atoms with E-state index in [1.54, 1.807) is 14.2 Å². The summed E-state index contributed by atoms with van der Waals surface area (Å²) < 4.78 is 10.4. The molecule has 1 amide bonds. The standard InChI is InChI=1S/C21H26N2O3/c1-25-19-10-8-17(9-11-19)22-18-6-4-12-23(15-18)21(24)14-16-5-3-7-20(13-16)26-2/h3,5,7-11,13,18,22H,4,6,12,14-15H2,1-2H3. The van der Waals surface area contributed by atoms with Gasteiger partial charge in [0, 0.05) is 24.8 Å². The third-order valence-electron chi connectivity index (χ3n) is 4.72. The van der Waals surface area contributed by atoms with E-state index in [9.17, 15) is 4.79 Å². The molecule has 138 valence electrons. The Hall–Kier alpha value is -2.69. The molecule has 3 rings (SSSR count). The number of ether oxygens (including phenoxy) is 2. The number of nitrogens with zero attached hydrogens (tertiary/aromatic N) is 1. The average molecular weight is 354 g/mol. The molecule has 1 fully saturated rings. The third kappa shape index (κ3) is 4.69. The van der Waals surface area contributed by atoms with Gasteiger partial charge in [0.25, 0.3) is 0 Å². The second-order valence-corrected chi connectivity index (χ2v) is 6.58. The van der Waals surface area contributed by atoms with E-state index >= 15 is 0 Å². The van der Waals surface area contributed by atoms with Crippen LogP contribution in [0.4, 0.5) is 5.69 Å². The van der Waals surface area contributed by atoms with Crippen molar-refractivity contribution in [2.45, 2.75) is 25.3 Å². The summed E-state index contributed by atoms with van der Waals surface area (Å²) in [6.07, 6.45) is 2.49. The normalized spacial score (nSPS) is 16.8. The molecule has 26 heavy (non-hydrogen) atoms. The number of carbonyl (C=O) groups is 1. The van der Waals surface area contributed by atoms with Gasteiger partial charge < -0.3 is 19.7 Å². The van der Waals surface area contributed by atoms with Crippen LogP contribution in [0.3, 0.4) is 0 Å². The van der Waals surface area contributed by atoms with E-state index in [1.807, 2.05) is 53.4 Å². The van der Waals surface area contributed by atoms with Gasteiger partial charge in [0.1, 0.15) is 11.5 Å². The first-order valence-electron chi connectivity index (χ1n) is 8.99. The minimum Gasteiger partial charge on any atom is -0.497 e. The number of nitrogens with one attached hydrogen (secondary N) is 1. The Morgan fingerprint density at radius 1 is 1.12 bits per heavy atom. The molecule has 0 aromatic heterocycles. The van der Waals surface area contributed by atoms with Gasteiger partial charge in [-0.1, -0.05) is 12.1 Å². The van der Waals surface area contributed by atoms with Crippen LogP contribution in [-0.2, 0) is 11.2 Å². The lowest BCUT2D eigenvalue weighted by Gasteiger charge is -2.34. The molecule has 1 aliphatic heterocycles. The van der Waals surface area contributed by atoms with Crippen molar-refractivity contribution in [3.8, 4) is 11.5 Å². The molecule has 0 spiro atoms. The average Bonchev–Trinajstić information content (AvgIpc) is 2.69. The van der Waals surface area contributed by atoms with Gasteiger partial charge >= 0.3 is 0 Å². The summed E-state index contributed by atoms with van der Waals surface area (Å²) in [5.74, 6) is 1.79. The fraction of sp³-hybridized carbons (Fsp3) is 0.381. The first-order chi connectivity index (χ1) is 12.7. The van der Waals surface area contributed by atoms with Crippen molar-refractivity contribution in [2.24, 2.45) is 0 Å². The van der Waals surface area contributed by atoms with Gasteiger partial charge in [-0.25, -0.2) is 0 Å². The van der Waals surface area contributed by atoms with Crippen LogP contribution < -0.4 is 14.8 Å². The van der Waals surface area contributed by atoms with Gasteiger partial charge in [-0.2, -0.15) is 0 Å². The highest BCUT2D eigenvalue weighted by molar-refractivity contribution is 5.79. The molecule has 5 heteroatoms. The maximum absolute atomic E-state index is 12.7. The lowest BCUT2D eigenvalue weighted by Crippen LogP contribution is -2.45. The van der Waals surface area contributed by atoms with Gasteiger partial charge in [-0.15, -0.1) is 0 Å². The van der Waals surface area contributed by atoms with Crippen LogP contribution in [0.1, 0.15) is 18.4 Å². The Morgan fingerprint density at radius 2 is 1.88 bits per heavy atom. The number of carbonyl (C=O) groups excluding carboxylic acids is 1. The van der Waals surface area contributed by atoms with E-state index in [1.165, 1.54) is 0 Å². The highest BCUT2D eigenvalue weighted by Crippen LogP contribution is 2.20. The van der Waals surface area contributed by atoms with Crippen LogP contribution >= 0.6 is 0 Å². The van der Waals surface area contributed by atoms with E-state index in [-0.39, 0.29) is 11.9 Å². The quantitative estimate of drug-likeness (QED) is 0.864. The summed E-state index contributed by atoms with van der Waals surface area (Å²) in [4.78, 5) is 14.7. The Balaban J connectivity index is 1.57. The number of hydrogen-bond donors (Lipinski definition) is 1. The Labute approximate surface area is 154 Å². The summed E-state index contributed by atoms with van der Waals surface area (Å²) >= 11 is 0. The van der Waals surface area contributed by atoms with Crippen molar-refractivity contribution < 1.29 is 14.3 Å². The predicted molar refractivity (Wildman–Crippen MR) is 103 cm³/mol. The molecule has 1 N–H and O–H groups in total. The van der Waals surface area contributed by atoms with Crippen LogP contribution in [-0.4, -0.2) is 44.2 Å². The maximum atomic E-state index is 12.7. The lowest BCUT2D eigenvalue weighted by atomic mass is 10.0. The molecule has 1 aliphatic rings. The molecule has 1 atom stereocenters. The van der Waals surface area contributed by atoms with Crippen molar-refractivity contribution in [2.75, 3.05) is 32.6 Å². The van der Waals surface area contributed by atoms with Crippen molar-refractivity contribution in [1.29, 1.82) is 0 Å². The van der Waals surface area contributed by atoms with E-state index in [0.29, 0.717) is 6.42 Å². The number of likely N-dealkylation sites (tertiary alicyclic amines) is 1. The second-order valence-electron chi connectivity index (χ2n) is 6.58. The van der Waals surface area contributed by atoms with Crippen LogP contribution in [0.5, 0.6) is 11.5 Å². The van der Waals surface area contributed by atoms with Crippen molar-refractivity contribution in [3.63, 3.8) is 0 Å². The summed E-state index contributed by atoms with van der Waals surface area (Å²) in [6.45, 7) is 1.55. The highest BCUT2D eigenvalue weighted by atomic mass is 16.5. The lowest BCUT2D eigenvalue weighted by molar-refractivity contribution is -0.131. The summed E-state index contributed by atoms with van der Waals surface area (Å²) in [7, 11) is 3.30. The number of methoxy groups -OCH3 is 2. The van der Waals surface area contributed by atoms with Crippen LogP contribution in [0, 0.1) is 0 Å². The number of benzene rings is 2. The zero-order valence-electron chi connectivity index (χ0n) is 15.4. The number of rotatable bonds is 6. The van der Waals surface area contributed by atoms with Crippen LogP contribution in [0.2, 0.25) is 0 Å². The molecule has 5 nitrogen and oxygen atoms in total. The van der Waals surface area contributed by atoms with E-state index in [2.05, 4.69) is 5.32 Å². The highest BCUT2D eigenvalue weighted by Gasteiger charge is 2.23. The van der Waals surface area contributed by atoms with Crippen molar-refractivity contribution in [3.05, 3.63) is 54.1 Å². The zero-order valence-corrected chi connectivity index (χ0v) is 15.4. The maximum Gasteiger partial charge on any atom is 0.227 e. The molecular weight excluding hydrogens is 328 g/mol. The fourth-order valence-electron chi connectivity index (χ4n) is 3.31. The molecule has 0 saturated carbocycles. The number of piperidine rings is 1. The van der Waals surface area contributed by atoms with Crippen molar-refractivity contribution >= 4 is 11.6 Å². The third-order valence-corrected chi connectivity index (χ3v) is 4.72. The molecule has 1 heterocycles. The summed E-state index contributed by atoms with van der Waals surface area (Å²) in [5, 5.41) is 3.53. The minimum absolute atomic E-state index is 0.166. The minimum atomic E-state index is 0.166. The smallest absolute Gasteiger partial charge is 0.227 e. The molecule has 0 aliphatic carbocycles. The Bertz CT molecular complexity index is 730. The van der Waals surface area contributed by atoms with E-state index in [4.69, 9.17) is 9.47 Å². The predicted octanol–water partition coefficient (Wildman–Crippen LogP) is 3.35. The molecule has 1 unspecified atom stereocenters. The zero-order chi connectivity index (χ0) is 18.4. The fourth-order valence-corrected chi connectivity index (χ4v) is 3.31. The second kappa shape index (κ2) is 8.61. The summed E-state index contributed by atoms with van der Waals surface area (Å²) in [5.41, 5.74) is 2.04. The van der Waals surface area contributed by atoms with Gasteiger partial charge in [-0.3, -0.25) is 4.79 Å². The molecule has 0 bridgehead atoms. The van der Waals surface area contributed by atoms with E-state index in [0.717, 1.165) is 48.7 Å². The topological polar surface area (TPSA) is 50.8 Å². The molecular formula is C21H26N2O3. The first kappa shape index (κ1) is 18.1. The SMILES string of the molecule is COc1ccc(NC2CCCN(C(=O)Cc3cccc(OC)c3)C2)cc1. The van der Waals surface area contributed by atoms with Gasteiger partial charge in [0.05, 0.1) is 20.6 Å². The molecule has 0 radical (unpaired) electrons. The number of amides is 1. The van der Waals surface area contributed by atoms with E-state index < -0.39 is 0 Å². The molecule has 1 saturated heterocycles.